The molecule has 142 valence electrons. The third-order valence-corrected chi connectivity index (χ3v) is 6.57. The summed E-state index contributed by atoms with van der Waals surface area (Å²) in [6, 6.07) is 12.4. The number of nitrogens with zero attached hydrogens (tertiary/aromatic N) is 1. The lowest BCUT2D eigenvalue weighted by molar-refractivity contribution is 0.0981. The van der Waals surface area contributed by atoms with Crippen molar-refractivity contribution in [2.45, 2.75) is 43.2 Å². The van der Waals surface area contributed by atoms with Crippen molar-refractivity contribution in [1.29, 1.82) is 0 Å². The molecule has 0 saturated heterocycles. The Morgan fingerprint density at radius 2 is 1.93 bits per heavy atom. The van der Waals surface area contributed by atoms with Crippen LogP contribution in [-0.2, 0) is 16.4 Å². The van der Waals surface area contributed by atoms with E-state index in [2.05, 4.69) is 4.72 Å². The summed E-state index contributed by atoms with van der Waals surface area (Å²) in [5.41, 5.74) is 2.33. The quantitative estimate of drug-likeness (QED) is 0.857. The summed E-state index contributed by atoms with van der Waals surface area (Å²) >= 11 is 0. The zero-order valence-electron chi connectivity index (χ0n) is 15.3. The molecule has 4 rings (SSSR count). The Bertz CT molecular complexity index is 999. The van der Waals surface area contributed by atoms with Gasteiger partial charge in [-0.3, -0.25) is 4.79 Å². The number of ether oxygens (including phenoxy) is 1. The van der Waals surface area contributed by atoms with Crippen molar-refractivity contribution >= 4 is 21.6 Å². The second-order valence-corrected chi connectivity index (χ2v) is 8.80. The van der Waals surface area contributed by atoms with Gasteiger partial charge in [-0.1, -0.05) is 18.2 Å². The van der Waals surface area contributed by atoms with Crippen molar-refractivity contribution in [1.82, 2.24) is 4.72 Å². The molecule has 1 saturated carbocycles. The Morgan fingerprint density at radius 3 is 2.63 bits per heavy atom. The molecule has 1 fully saturated rings. The number of carbonyl (C=O) groups is 1. The molecule has 2 aromatic carbocycles. The van der Waals surface area contributed by atoms with E-state index >= 15 is 0 Å². The fraction of sp³-hybridized carbons (Fsp3) is 0.350. The van der Waals surface area contributed by atoms with Gasteiger partial charge in [-0.25, -0.2) is 13.1 Å². The van der Waals surface area contributed by atoms with Crippen LogP contribution in [0.5, 0.6) is 5.75 Å². The summed E-state index contributed by atoms with van der Waals surface area (Å²) in [6.45, 7) is 1.99. The monoisotopic (exact) mass is 386 g/mol. The Morgan fingerprint density at radius 1 is 1.19 bits per heavy atom. The first kappa shape index (κ1) is 18.0. The number of fused-ring (bicyclic) bond motifs is 1. The van der Waals surface area contributed by atoms with Gasteiger partial charge in [0.25, 0.3) is 5.91 Å². The van der Waals surface area contributed by atoms with Crippen molar-refractivity contribution in [3.05, 3.63) is 53.6 Å². The van der Waals surface area contributed by atoms with E-state index in [1.165, 1.54) is 13.2 Å². The van der Waals surface area contributed by atoms with Crippen molar-refractivity contribution in [3.63, 3.8) is 0 Å². The summed E-state index contributed by atoms with van der Waals surface area (Å²) in [7, 11) is -2.32. The van der Waals surface area contributed by atoms with E-state index in [-0.39, 0.29) is 28.6 Å². The molecule has 1 heterocycles. The lowest BCUT2D eigenvalue weighted by atomic mass is 10.1. The van der Waals surface area contributed by atoms with Crippen LogP contribution in [-0.4, -0.2) is 33.5 Å². The topological polar surface area (TPSA) is 75.7 Å². The number of benzene rings is 2. The minimum atomic E-state index is -3.74. The molecule has 0 bridgehead atoms. The van der Waals surface area contributed by atoms with Crippen LogP contribution in [0.3, 0.4) is 0 Å². The standard InChI is InChI=1S/C20H22N2O4S/c1-13-11-14-5-3-4-6-17(14)22(13)20(23)15-7-10-18(26-2)19(12-15)27(24,25)21-16-8-9-16/h3-7,10,12-13,16,21H,8-9,11H2,1-2H3/t13-/m1/s1. The molecule has 1 aliphatic heterocycles. The van der Waals surface area contributed by atoms with Crippen molar-refractivity contribution in [2.75, 3.05) is 12.0 Å². The number of methoxy groups -OCH3 is 1. The predicted molar refractivity (Wildman–Crippen MR) is 103 cm³/mol. The first-order chi connectivity index (χ1) is 12.9. The second kappa shape index (κ2) is 6.65. The van der Waals surface area contributed by atoms with E-state index in [0.717, 1.165) is 30.5 Å². The van der Waals surface area contributed by atoms with E-state index < -0.39 is 10.0 Å². The number of nitrogens with one attached hydrogen (secondary N) is 1. The number of carbonyl (C=O) groups excluding carboxylic acids is 1. The maximum Gasteiger partial charge on any atom is 0.258 e. The number of para-hydroxylation sites is 1. The molecule has 0 aromatic heterocycles. The maximum atomic E-state index is 13.2. The van der Waals surface area contributed by atoms with E-state index in [0.29, 0.717) is 5.56 Å². The first-order valence-electron chi connectivity index (χ1n) is 9.02. The average molecular weight is 386 g/mol. The summed E-state index contributed by atoms with van der Waals surface area (Å²) in [6.07, 6.45) is 2.46. The van der Waals surface area contributed by atoms with Crippen LogP contribution in [0, 0.1) is 0 Å². The number of hydrogen-bond acceptors (Lipinski definition) is 4. The minimum Gasteiger partial charge on any atom is -0.495 e. The Labute approximate surface area is 159 Å². The lowest BCUT2D eigenvalue weighted by Gasteiger charge is -2.23. The van der Waals surface area contributed by atoms with Gasteiger partial charge in [0.15, 0.2) is 0 Å². The Balaban J connectivity index is 1.72. The fourth-order valence-electron chi connectivity index (χ4n) is 3.52. The number of amides is 1. The molecule has 1 amide bonds. The zero-order valence-corrected chi connectivity index (χ0v) is 16.1. The minimum absolute atomic E-state index is 0.00267. The van der Waals surface area contributed by atoms with E-state index in [4.69, 9.17) is 4.74 Å². The highest BCUT2D eigenvalue weighted by Gasteiger charge is 2.33. The first-order valence-corrected chi connectivity index (χ1v) is 10.5. The zero-order chi connectivity index (χ0) is 19.2. The van der Waals surface area contributed by atoms with Crippen LogP contribution >= 0.6 is 0 Å². The van der Waals surface area contributed by atoms with E-state index in [1.54, 1.807) is 17.0 Å². The van der Waals surface area contributed by atoms with Crippen LogP contribution in [0.25, 0.3) is 0 Å². The normalized spacial score (nSPS) is 19.0. The Hall–Kier alpha value is -2.38. The maximum absolute atomic E-state index is 13.2. The van der Waals surface area contributed by atoms with Gasteiger partial charge in [-0.15, -0.1) is 0 Å². The smallest absolute Gasteiger partial charge is 0.258 e. The summed E-state index contributed by atoms with van der Waals surface area (Å²) in [5.74, 6) is 0.0209. The molecular formula is C20H22N2O4S. The van der Waals surface area contributed by atoms with Crippen molar-refractivity contribution in [3.8, 4) is 5.75 Å². The van der Waals surface area contributed by atoms with Gasteiger partial charge >= 0.3 is 0 Å². The van der Waals surface area contributed by atoms with Gasteiger partial charge in [0.2, 0.25) is 10.0 Å². The van der Waals surface area contributed by atoms with Crippen LogP contribution in [0.2, 0.25) is 0 Å². The highest BCUT2D eigenvalue weighted by atomic mass is 32.2. The molecule has 0 spiro atoms. The molecule has 1 N–H and O–H groups in total. The summed E-state index contributed by atoms with van der Waals surface area (Å²) < 4.78 is 33.3. The van der Waals surface area contributed by atoms with E-state index in [1.807, 2.05) is 31.2 Å². The molecular weight excluding hydrogens is 364 g/mol. The SMILES string of the molecule is COc1ccc(C(=O)N2c3ccccc3C[C@H]2C)cc1S(=O)(=O)NC1CC1. The van der Waals surface area contributed by atoms with Crippen molar-refractivity contribution in [2.24, 2.45) is 0 Å². The van der Waals surface area contributed by atoms with E-state index in [9.17, 15) is 13.2 Å². The lowest BCUT2D eigenvalue weighted by Crippen LogP contribution is -2.36. The Kier molecular flexibility index (Phi) is 4.44. The number of rotatable bonds is 5. The van der Waals surface area contributed by atoms with Crippen molar-refractivity contribution < 1.29 is 17.9 Å². The summed E-state index contributed by atoms with van der Waals surface area (Å²) in [5, 5.41) is 0. The number of anilines is 1. The number of hydrogen-bond donors (Lipinski definition) is 1. The predicted octanol–water partition coefficient (Wildman–Crippen LogP) is 2.73. The van der Waals surface area contributed by atoms with Gasteiger partial charge in [0.1, 0.15) is 10.6 Å². The van der Waals surface area contributed by atoms with Crippen LogP contribution in [0.1, 0.15) is 35.7 Å². The van der Waals surface area contributed by atoms with Gasteiger partial charge in [-0.2, -0.15) is 0 Å². The summed E-state index contributed by atoms with van der Waals surface area (Å²) in [4.78, 5) is 14.9. The molecule has 6 nitrogen and oxygen atoms in total. The molecule has 27 heavy (non-hydrogen) atoms. The number of sulfonamides is 1. The van der Waals surface area contributed by atoms with Gasteiger partial charge < -0.3 is 9.64 Å². The third-order valence-electron chi connectivity index (χ3n) is 5.03. The third kappa shape index (κ3) is 3.33. The molecule has 1 aliphatic carbocycles. The van der Waals surface area contributed by atoms with Gasteiger partial charge in [-0.05, 0) is 56.0 Å². The molecule has 0 unspecified atom stereocenters. The van der Waals surface area contributed by atoms with Gasteiger partial charge in [0.05, 0.1) is 7.11 Å². The molecule has 7 heteroatoms. The molecule has 2 aliphatic rings. The average Bonchev–Trinajstić information content (AvgIpc) is 3.39. The molecule has 1 atom stereocenters. The second-order valence-electron chi connectivity index (χ2n) is 7.12. The van der Waals surface area contributed by atoms with Crippen LogP contribution < -0.4 is 14.4 Å². The molecule has 0 radical (unpaired) electrons. The fourth-order valence-corrected chi connectivity index (χ4v) is 5.02. The highest BCUT2D eigenvalue weighted by molar-refractivity contribution is 7.89. The highest BCUT2D eigenvalue weighted by Crippen LogP contribution is 2.34. The largest absolute Gasteiger partial charge is 0.495 e. The van der Waals surface area contributed by atoms with Gasteiger partial charge in [0, 0.05) is 23.3 Å². The molecule has 2 aromatic rings. The van der Waals surface area contributed by atoms with Crippen LogP contribution in [0.4, 0.5) is 5.69 Å². The van der Waals surface area contributed by atoms with Crippen LogP contribution in [0.15, 0.2) is 47.4 Å².